The quantitative estimate of drug-likeness (QED) is 0.684. The van der Waals surface area contributed by atoms with E-state index in [1.165, 1.54) is 4.90 Å². The average Bonchev–Trinajstić information content (AvgIpc) is 2.92. The summed E-state index contributed by atoms with van der Waals surface area (Å²) in [5, 5.41) is 9.32. The Morgan fingerprint density at radius 2 is 1.71 bits per heavy atom. The third kappa shape index (κ3) is 1.27. The molecule has 0 aromatic carbocycles. The van der Waals surface area contributed by atoms with Crippen LogP contribution in [0.2, 0.25) is 0 Å². The highest BCUT2D eigenvalue weighted by molar-refractivity contribution is 6.07. The Balaban J connectivity index is 1.96. The first-order valence-corrected chi connectivity index (χ1v) is 6.11. The van der Waals surface area contributed by atoms with Crippen molar-refractivity contribution >= 4 is 11.8 Å². The van der Waals surface area contributed by atoms with Crippen molar-refractivity contribution < 1.29 is 19.4 Å². The number of fused-ring (bicyclic) bond motifs is 5. The first-order chi connectivity index (χ1) is 7.97. The van der Waals surface area contributed by atoms with Crippen LogP contribution in [0.5, 0.6) is 0 Å². The van der Waals surface area contributed by atoms with Crippen LogP contribution in [0, 0.1) is 11.8 Å². The van der Waals surface area contributed by atoms with Gasteiger partial charge in [-0.05, 0) is 26.7 Å². The van der Waals surface area contributed by atoms with Gasteiger partial charge in [0, 0.05) is 0 Å². The molecule has 0 aliphatic carbocycles. The molecule has 17 heavy (non-hydrogen) atoms. The lowest BCUT2D eigenvalue weighted by Crippen LogP contribution is -2.51. The summed E-state index contributed by atoms with van der Waals surface area (Å²) in [6.45, 7) is 3.22. The highest BCUT2D eigenvalue weighted by Gasteiger charge is 2.64. The molecule has 3 heterocycles. The average molecular weight is 239 g/mol. The molecular weight excluding hydrogens is 222 g/mol. The molecule has 94 valence electrons. The molecule has 2 amide bonds. The highest BCUT2D eigenvalue weighted by atomic mass is 16.5. The van der Waals surface area contributed by atoms with E-state index < -0.39 is 5.54 Å². The van der Waals surface area contributed by atoms with E-state index in [2.05, 4.69) is 0 Å². The number of likely N-dealkylation sites (tertiary alicyclic amines) is 1. The Kier molecular flexibility index (Phi) is 2.16. The number of hydrogen-bond acceptors (Lipinski definition) is 4. The van der Waals surface area contributed by atoms with Crippen molar-refractivity contribution in [2.45, 2.75) is 44.4 Å². The standard InChI is InChI=1S/C12H17NO4/c1-12(2,5-14)13-10(15)8-6-3-4-7(17-6)9(8)11(13)16/h6-9,14H,3-5H2,1-2H3/t6-,7+,8?,9?. The van der Waals surface area contributed by atoms with E-state index in [9.17, 15) is 14.7 Å². The molecule has 0 aromatic heterocycles. The fourth-order valence-electron chi connectivity index (χ4n) is 3.38. The third-order valence-electron chi connectivity index (χ3n) is 4.28. The number of hydrogen-bond donors (Lipinski definition) is 1. The summed E-state index contributed by atoms with van der Waals surface area (Å²) in [5.74, 6) is -0.920. The van der Waals surface area contributed by atoms with Crippen LogP contribution in [0.25, 0.3) is 0 Å². The molecule has 3 aliphatic rings. The van der Waals surface area contributed by atoms with Crippen molar-refractivity contribution in [3.63, 3.8) is 0 Å². The van der Waals surface area contributed by atoms with Crippen LogP contribution in [-0.4, -0.2) is 46.2 Å². The fraction of sp³-hybridized carbons (Fsp3) is 0.833. The molecule has 1 N–H and O–H groups in total. The maximum Gasteiger partial charge on any atom is 0.236 e. The van der Waals surface area contributed by atoms with E-state index in [0.717, 1.165) is 12.8 Å². The minimum atomic E-state index is -0.808. The first-order valence-electron chi connectivity index (χ1n) is 6.11. The second-order valence-corrected chi connectivity index (χ2v) is 5.82. The number of amides is 2. The maximum absolute atomic E-state index is 12.3. The van der Waals surface area contributed by atoms with E-state index in [0.29, 0.717) is 0 Å². The molecule has 2 bridgehead atoms. The molecule has 5 heteroatoms. The van der Waals surface area contributed by atoms with Crippen molar-refractivity contribution in [2.24, 2.45) is 11.8 Å². The summed E-state index contributed by atoms with van der Waals surface area (Å²) in [6.07, 6.45) is 1.58. The van der Waals surface area contributed by atoms with Gasteiger partial charge in [0.1, 0.15) is 0 Å². The summed E-state index contributed by atoms with van der Waals surface area (Å²) < 4.78 is 5.64. The third-order valence-corrected chi connectivity index (χ3v) is 4.28. The summed E-state index contributed by atoms with van der Waals surface area (Å²) in [7, 11) is 0. The van der Waals surface area contributed by atoms with E-state index in [1.54, 1.807) is 13.8 Å². The van der Waals surface area contributed by atoms with Gasteiger partial charge in [-0.2, -0.15) is 0 Å². The number of aliphatic hydroxyl groups excluding tert-OH is 1. The van der Waals surface area contributed by atoms with Crippen molar-refractivity contribution in [1.29, 1.82) is 0 Å². The maximum atomic E-state index is 12.3. The summed E-state index contributed by atoms with van der Waals surface area (Å²) in [6, 6.07) is 0. The molecule has 0 radical (unpaired) electrons. The normalized spacial score (nSPS) is 40.3. The Morgan fingerprint density at radius 1 is 1.24 bits per heavy atom. The van der Waals surface area contributed by atoms with Gasteiger partial charge in [-0.15, -0.1) is 0 Å². The monoisotopic (exact) mass is 239 g/mol. The van der Waals surface area contributed by atoms with Gasteiger partial charge in [-0.3, -0.25) is 14.5 Å². The second kappa shape index (κ2) is 3.29. The molecule has 5 nitrogen and oxygen atoms in total. The lowest BCUT2D eigenvalue weighted by atomic mass is 9.81. The van der Waals surface area contributed by atoms with Gasteiger partial charge in [0.15, 0.2) is 0 Å². The summed E-state index contributed by atoms with van der Waals surface area (Å²) >= 11 is 0. The molecule has 0 spiro atoms. The number of rotatable bonds is 2. The largest absolute Gasteiger partial charge is 0.394 e. The molecule has 2 unspecified atom stereocenters. The zero-order valence-electron chi connectivity index (χ0n) is 10.0. The van der Waals surface area contributed by atoms with Crippen LogP contribution >= 0.6 is 0 Å². The topological polar surface area (TPSA) is 66.8 Å². The number of ether oxygens (including phenoxy) is 1. The SMILES string of the molecule is CC(C)(CO)N1C(=O)C2C(C1=O)[C@H]1CC[C@@H]2O1. The molecule has 0 saturated carbocycles. The van der Waals surface area contributed by atoms with Gasteiger partial charge in [0.2, 0.25) is 11.8 Å². The van der Waals surface area contributed by atoms with Crippen LogP contribution in [0.3, 0.4) is 0 Å². The van der Waals surface area contributed by atoms with Gasteiger partial charge in [-0.25, -0.2) is 0 Å². The smallest absolute Gasteiger partial charge is 0.236 e. The minimum absolute atomic E-state index is 0.0825. The van der Waals surface area contributed by atoms with Crippen LogP contribution in [0.1, 0.15) is 26.7 Å². The Bertz CT molecular complexity index is 364. The Labute approximate surface area is 99.7 Å². The number of aliphatic hydroxyl groups is 1. The fourth-order valence-corrected chi connectivity index (χ4v) is 3.38. The summed E-state index contributed by atoms with van der Waals surface area (Å²) in [4.78, 5) is 25.9. The van der Waals surface area contributed by atoms with E-state index in [4.69, 9.17) is 4.74 Å². The van der Waals surface area contributed by atoms with Crippen LogP contribution < -0.4 is 0 Å². The van der Waals surface area contributed by atoms with E-state index >= 15 is 0 Å². The van der Waals surface area contributed by atoms with Crippen LogP contribution in [-0.2, 0) is 14.3 Å². The molecule has 3 saturated heterocycles. The number of imide groups is 1. The second-order valence-electron chi connectivity index (χ2n) is 5.82. The van der Waals surface area contributed by atoms with Gasteiger partial charge in [0.05, 0.1) is 36.2 Å². The van der Waals surface area contributed by atoms with Crippen molar-refractivity contribution in [2.75, 3.05) is 6.61 Å². The number of carbonyl (C=O) groups excluding carboxylic acids is 2. The van der Waals surface area contributed by atoms with Gasteiger partial charge in [0.25, 0.3) is 0 Å². The van der Waals surface area contributed by atoms with Gasteiger partial charge >= 0.3 is 0 Å². The highest BCUT2D eigenvalue weighted by Crippen LogP contribution is 2.49. The zero-order chi connectivity index (χ0) is 12.4. The number of nitrogens with zero attached hydrogens (tertiary/aromatic N) is 1. The van der Waals surface area contributed by atoms with Crippen molar-refractivity contribution in [3.05, 3.63) is 0 Å². The van der Waals surface area contributed by atoms with Crippen LogP contribution in [0.4, 0.5) is 0 Å². The van der Waals surface area contributed by atoms with E-state index in [1.807, 2.05) is 0 Å². The zero-order valence-corrected chi connectivity index (χ0v) is 10.0. The first kappa shape index (κ1) is 11.2. The lowest BCUT2D eigenvalue weighted by Gasteiger charge is -2.33. The Hall–Kier alpha value is -0.940. The van der Waals surface area contributed by atoms with Gasteiger partial charge < -0.3 is 9.84 Å². The lowest BCUT2D eigenvalue weighted by molar-refractivity contribution is -0.150. The Morgan fingerprint density at radius 3 is 2.12 bits per heavy atom. The molecule has 3 aliphatic heterocycles. The number of carbonyl (C=O) groups is 2. The van der Waals surface area contributed by atoms with Gasteiger partial charge in [-0.1, -0.05) is 0 Å². The molecule has 4 atom stereocenters. The van der Waals surface area contributed by atoms with Crippen molar-refractivity contribution in [3.8, 4) is 0 Å². The minimum Gasteiger partial charge on any atom is -0.394 e. The molecule has 3 fully saturated rings. The predicted octanol–water partition coefficient (Wildman–Crippen LogP) is -0.0803. The van der Waals surface area contributed by atoms with E-state index in [-0.39, 0.29) is 42.5 Å². The van der Waals surface area contributed by atoms with Crippen LogP contribution in [0.15, 0.2) is 0 Å². The van der Waals surface area contributed by atoms with Crippen molar-refractivity contribution in [1.82, 2.24) is 4.90 Å². The predicted molar refractivity (Wildman–Crippen MR) is 57.9 cm³/mol. The summed E-state index contributed by atoms with van der Waals surface area (Å²) in [5.41, 5.74) is -0.808. The molecule has 0 aromatic rings. The molecular formula is C12H17NO4. The molecule has 3 rings (SSSR count).